The summed E-state index contributed by atoms with van der Waals surface area (Å²) in [5, 5.41) is 10.2. The van der Waals surface area contributed by atoms with Gasteiger partial charge in [0.1, 0.15) is 30.6 Å². The second-order valence-electron chi connectivity index (χ2n) is 7.64. The molecule has 31 heavy (non-hydrogen) atoms. The number of nitrogens with two attached hydrogens (primary N) is 1. The van der Waals surface area contributed by atoms with Gasteiger partial charge in [0.15, 0.2) is 0 Å². The zero-order valence-electron chi connectivity index (χ0n) is 17.6. The summed E-state index contributed by atoms with van der Waals surface area (Å²) in [6.45, 7) is 4.06. The second-order valence-corrected chi connectivity index (χ2v) is 7.64. The molecule has 0 aliphatic carbocycles. The van der Waals surface area contributed by atoms with Gasteiger partial charge in [0.2, 0.25) is 0 Å². The molecule has 0 bridgehead atoms. The molecule has 0 spiro atoms. The number of ether oxygens (including phenoxy) is 2. The maximum absolute atomic E-state index is 12.5. The zero-order valence-corrected chi connectivity index (χ0v) is 17.6. The van der Waals surface area contributed by atoms with Gasteiger partial charge in [-0.15, -0.1) is 0 Å². The summed E-state index contributed by atoms with van der Waals surface area (Å²) in [6, 6.07) is 12.9. The molecule has 7 heteroatoms. The van der Waals surface area contributed by atoms with E-state index in [9.17, 15) is 4.79 Å². The quantitative estimate of drug-likeness (QED) is 0.273. The third kappa shape index (κ3) is 4.60. The number of fused-ring (bicyclic) bond motifs is 1. The molecule has 1 aliphatic rings. The molecule has 3 N–H and O–H groups in total. The van der Waals surface area contributed by atoms with Crippen LogP contribution in [0.4, 0.5) is 5.82 Å². The largest absolute Gasteiger partial charge is 0.490 e. The van der Waals surface area contributed by atoms with Crippen LogP contribution in [0.2, 0.25) is 0 Å². The average molecular weight is 418 g/mol. The van der Waals surface area contributed by atoms with Gasteiger partial charge < -0.3 is 20.1 Å². The monoisotopic (exact) mass is 418 g/mol. The van der Waals surface area contributed by atoms with E-state index in [1.807, 2.05) is 43.3 Å². The number of amidine groups is 1. The molecule has 0 saturated carbocycles. The van der Waals surface area contributed by atoms with E-state index < -0.39 is 5.97 Å². The average Bonchev–Trinajstić information content (AvgIpc) is 3.31. The number of aromatic nitrogens is 1. The Morgan fingerprint density at radius 1 is 1.13 bits per heavy atom. The van der Waals surface area contributed by atoms with Gasteiger partial charge in [0.05, 0.1) is 5.56 Å². The minimum Gasteiger partial charge on any atom is -0.490 e. The van der Waals surface area contributed by atoms with Crippen LogP contribution in [0.3, 0.4) is 0 Å². The third-order valence-corrected chi connectivity index (χ3v) is 5.50. The van der Waals surface area contributed by atoms with Crippen LogP contribution in [0.15, 0.2) is 48.7 Å². The maximum Gasteiger partial charge on any atom is 0.338 e. The molecule has 4 rings (SSSR count). The topological polar surface area (TPSA) is 102 Å². The Labute approximate surface area is 181 Å². The fourth-order valence-electron chi connectivity index (χ4n) is 3.79. The Hall–Kier alpha value is -3.61. The first-order chi connectivity index (χ1) is 15.0. The Bertz CT molecular complexity index is 1120. The molecule has 1 saturated heterocycles. The number of nitrogen functional groups attached to an aromatic ring is 1. The van der Waals surface area contributed by atoms with Gasteiger partial charge in [0.25, 0.3) is 0 Å². The van der Waals surface area contributed by atoms with Crippen molar-refractivity contribution in [3.05, 3.63) is 65.4 Å². The molecule has 0 amide bonds. The minimum atomic E-state index is -0.396. The summed E-state index contributed by atoms with van der Waals surface area (Å²) in [6.07, 6.45) is 3.91. The molecule has 160 valence electrons. The third-order valence-electron chi connectivity index (χ3n) is 5.50. The lowest BCUT2D eigenvalue weighted by Crippen LogP contribution is -2.27. The van der Waals surface area contributed by atoms with Crippen LogP contribution in [0.5, 0.6) is 5.75 Å². The predicted molar refractivity (Wildman–Crippen MR) is 121 cm³/mol. The first-order valence-corrected chi connectivity index (χ1v) is 10.4. The number of carbonyl (C=O) groups is 1. The summed E-state index contributed by atoms with van der Waals surface area (Å²) in [4.78, 5) is 18.6. The highest BCUT2D eigenvalue weighted by Gasteiger charge is 2.18. The Balaban J connectivity index is 1.31. The van der Waals surface area contributed by atoms with Crippen LogP contribution in [0, 0.1) is 12.3 Å². The Morgan fingerprint density at radius 3 is 2.71 bits per heavy atom. The molecular formula is C24H26N4O3. The van der Waals surface area contributed by atoms with Crippen molar-refractivity contribution in [3.8, 4) is 5.75 Å². The molecule has 2 aromatic carbocycles. The van der Waals surface area contributed by atoms with Gasteiger partial charge in [-0.3, -0.25) is 5.41 Å². The summed E-state index contributed by atoms with van der Waals surface area (Å²) < 4.78 is 11.1. The van der Waals surface area contributed by atoms with Crippen LogP contribution in [0.1, 0.15) is 34.3 Å². The molecule has 3 aromatic rings. The number of carbonyl (C=O) groups excluding carboxylic acids is 1. The van der Waals surface area contributed by atoms with Crippen molar-refractivity contribution in [1.29, 1.82) is 5.41 Å². The van der Waals surface area contributed by atoms with E-state index in [0.717, 1.165) is 47.8 Å². The molecule has 0 atom stereocenters. The van der Waals surface area contributed by atoms with Crippen LogP contribution < -0.4 is 10.5 Å². The Morgan fingerprint density at radius 2 is 1.94 bits per heavy atom. The van der Waals surface area contributed by atoms with Gasteiger partial charge in [-0.25, -0.2) is 9.78 Å². The number of anilines is 1. The normalized spacial score (nSPS) is 13.4. The number of rotatable bonds is 6. The smallest absolute Gasteiger partial charge is 0.338 e. The predicted octanol–water partition coefficient (Wildman–Crippen LogP) is 3.78. The van der Waals surface area contributed by atoms with Crippen molar-refractivity contribution < 1.29 is 14.3 Å². The second kappa shape index (κ2) is 9.04. The van der Waals surface area contributed by atoms with Crippen molar-refractivity contribution in [1.82, 2.24) is 9.88 Å². The van der Waals surface area contributed by atoms with Gasteiger partial charge in [0, 0.05) is 30.2 Å². The molecule has 1 aromatic heterocycles. The number of aryl methyl sites for hydroxylation is 1. The fraction of sp³-hybridized carbons (Fsp3) is 0.292. The molecule has 0 unspecified atom stereocenters. The van der Waals surface area contributed by atoms with Crippen LogP contribution in [0.25, 0.3) is 10.8 Å². The molecule has 1 fully saturated rings. The van der Waals surface area contributed by atoms with Crippen molar-refractivity contribution in [2.24, 2.45) is 0 Å². The number of nitrogens with one attached hydrogen (secondary N) is 1. The van der Waals surface area contributed by atoms with E-state index in [0.29, 0.717) is 23.0 Å². The van der Waals surface area contributed by atoms with Gasteiger partial charge >= 0.3 is 5.97 Å². The first-order valence-electron chi connectivity index (χ1n) is 10.4. The van der Waals surface area contributed by atoms with E-state index in [-0.39, 0.29) is 13.2 Å². The van der Waals surface area contributed by atoms with Crippen LogP contribution in [-0.4, -0.2) is 48.0 Å². The fourth-order valence-corrected chi connectivity index (χ4v) is 3.79. The van der Waals surface area contributed by atoms with Gasteiger partial charge in [-0.05, 0) is 61.0 Å². The number of hydrogen-bond donors (Lipinski definition) is 2. The highest BCUT2D eigenvalue weighted by molar-refractivity contribution is 5.98. The number of hydrogen-bond acceptors (Lipinski definition) is 6. The number of benzene rings is 2. The van der Waals surface area contributed by atoms with Crippen LogP contribution in [-0.2, 0) is 4.74 Å². The standard InChI is InChI=1S/C24H26N4O3/c1-16-14-18(23(26)28-10-2-3-11-28)5-7-20(16)24(29)31-13-12-30-19-6-4-17-8-9-27-22(25)21(17)15-19/h4-9,14-15,26H,2-3,10-13H2,1H3,(H2,25,27). The van der Waals surface area contributed by atoms with Gasteiger partial charge in [-0.2, -0.15) is 0 Å². The van der Waals surface area contributed by atoms with E-state index in [1.165, 1.54) is 0 Å². The van der Waals surface area contributed by atoms with Crippen molar-refractivity contribution in [3.63, 3.8) is 0 Å². The molecular weight excluding hydrogens is 392 g/mol. The highest BCUT2D eigenvalue weighted by atomic mass is 16.6. The maximum atomic E-state index is 12.5. The van der Waals surface area contributed by atoms with Crippen molar-refractivity contribution in [2.45, 2.75) is 19.8 Å². The highest BCUT2D eigenvalue weighted by Crippen LogP contribution is 2.24. The molecule has 7 nitrogen and oxygen atoms in total. The summed E-state index contributed by atoms with van der Waals surface area (Å²) in [7, 11) is 0. The number of pyridine rings is 1. The van der Waals surface area contributed by atoms with Gasteiger partial charge in [-0.1, -0.05) is 12.1 Å². The summed E-state index contributed by atoms with van der Waals surface area (Å²) >= 11 is 0. The van der Waals surface area contributed by atoms with Crippen LogP contribution >= 0.6 is 0 Å². The minimum absolute atomic E-state index is 0.129. The Kier molecular flexibility index (Phi) is 6.02. The SMILES string of the molecule is Cc1cc(C(=N)N2CCCC2)ccc1C(=O)OCCOc1ccc2ccnc(N)c2c1. The van der Waals surface area contributed by atoms with Crippen molar-refractivity contribution >= 4 is 28.4 Å². The number of likely N-dealkylation sites (tertiary alicyclic amines) is 1. The zero-order chi connectivity index (χ0) is 21.8. The van der Waals surface area contributed by atoms with E-state index in [4.69, 9.17) is 20.6 Å². The molecule has 1 aliphatic heterocycles. The van der Waals surface area contributed by atoms with E-state index in [2.05, 4.69) is 9.88 Å². The lowest BCUT2D eigenvalue weighted by Gasteiger charge is -2.19. The molecule has 2 heterocycles. The lowest BCUT2D eigenvalue weighted by molar-refractivity contribution is 0.0449. The number of nitrogens with zero attached hydrogens (tertiary/aromatic N) is 2. The lowest BCUT2D eigenvalue weighted by atomic mass is 10.0. The first kappa shape index (κ1) is 20.7. The summed E-state index contributed by atoms with van der Waals surface area (Å²) in [5.74, 6) is 1.21. The number of esters is 1. The van der Waals surface area contributed by atoms with Crippen molar-refractivity contribution in [2.75, 3.05) is 32.0 Å². The molecule has 0 radical (unpaired) electrons. The van der Waals surface area contributed by atoms with E-state index >= 15 is 0 Å². The summed E-state index contributed by atoms with van der Waals surface area (Å²) in [5.41, 5.74) is 8.03. The van der Waals surface area contributed by atoms with E-state index in [1.54, 1.807) is 12.3 Å².